The molecular weight excluding hydrogens is 388 g/mol. The predicted octanol–water partition coefficient (Wildman–Crippen LogP) is 4.66. The van der Waals surface area contributed by atoms with Crippen molar-refractivity contribution in [2.45, 2.75) is 64.1 Å². The minimum Gasteiger partial charge on any atom is -0.497 e. The van der Waals surface area contributed by atoms with Gasteiger partial charge in [0.2, 0.25) is 0 Å². The normalized spacial score (nSPS) is 18.8. The molecule has 1 aliphatic rings. The summed E-state index contributed by atoms with van der Waals surface area (Å²) in [5.74, 6) is 1.73. The van der Waals surface area contributed by atoms with E-state index >= 15 is 0 Å². The molecule has 5 nitrogen and oxygen atoms in total. The lowest BCUT2D eigenvalue weighted by molar-refractivity contribution is 0.146. The molecule has 0 unspecified atom stereocenters. The van der Waals surface area contributed by atoms with Crippen LogP contribution in [0.1, 0.15) is 50.2 Å². The average Bonchev–Trinajstić information content (AvgIpc) is 2.79. The molecule has 0 aliphatic heterocycles. The second kappa shape index (κ2) is 9.56. The molecule has 0 spiro atoms. The zero-order valence-corrected chi connectivity index (χ0v) is 18.5. The molecule has 0 bridgehead atoms. The molecule has 31 heavy (non-hydrogen) atoms. The van der Waals surface area contributed by atoms with Gasteiger partial charge in [0.1, 0.15) is 11.5 Å². The number of benzene rings is 2. The number of hydrogen-bond acceptors (Lipinski definition) is 4. The van der Waals surface area contributed by atoms with Gasteiger partial charge in [-0.3, -0.25) is 4.79 Å². The van der Waals surface area contributed by atoms with Crippen LogP contribution in [-0.2, 0) is 13.0 Å². The Morgan fingerprint density at radius 1 is 1.06 bits per heavy atom. The van der Waals surface area contributed by atoms with Crippen LogP contribution in [0.15, 0.2) is 53.5 Å². The fourth-order valence-electron chi connectivity index (χ4n) is 4.37. The molecule has 5 heteroatoms. The Hall–Kier alpha value is -2.79. The molecule has 1 heterocycles. The van der Waals surface area contributed by atoms with Gasteiger partial charge in [-0.1, -0.05) is 25.5 Å². The molecular formula is C26H32N2O3. The highest BCUT2D eigenvalue weighted by molar-refractivity contribution is 5.84. The first kappa shape index (κ1) is 21.4. The van der Waals surface area contributed by atoms with Crippen LogP contribution in [0.3, 0.4) is 0 Å². The van der Waals surface area contributed by atoms with E-state index in [4.69, 9.17) is 15.2 Å². The number of pyridine rings is 1. The molecule has 0 radical (unpaired) electrons. The molecule has 2 N–H and O–H groups in total. The molecule has 3 aromatic rings. The molecule has 0 amide bonds. The van der Waals surface area contributed by atoms with Gasteiger partial charge in [0.05, 0.1) is 19.8 Å². The Bertz CT molecular complexity index is 1080. The summed E-state index contributed by atoms with van der Waals surface area (Å²) in [6, 6.07) is 14.2. The van der Waals surface area contributed by atoms with E-state index in [1.165, 1.54) is 0 Å². The number of methoxy groups -OCH3 is 1. The zero-order chi connectivity index (χ0) is 21.8. The Morgan fingerprint density at radius 3 is 2.48 bits per heavy atom. The van der Waals surface area contributed by atoms with Crippen LogP contribution in [0.2, 0.25) is 0 Å². The summed E-state index contributed by atoms with van der Waals surface area (Å²) >= 11 is 0. The van der Waals surface area contributed by atoms with Gasteiger partial charge in [-0.05, 0) is 78.9 Å². The number of nitrogens with two attached hydrogens (primary N) is 1. The summed E-state index contributed by atoms with van der Waals surface area (Å²) < 4.78 is 13.4. The van der Waals surface area contributed by atoms with Gasteiger partial charge in [-0.2, -0.15) is 0 Å². The van der Waals surface area contributed by atoms with E-state index in [0.29, 0.717) is 12.6 Å². The minimum absolute atomic E-state index is 0.0286. The summed E-state index contributed by atoms with van der Waals surface area (Å²) in [4.78, 5) is 13.2. The van der Waals surface area contributed by atoms with E-state index in [2.05, 4.69) is 6.92 Å². The van der Waals surface area contributed by atoms with E-state index in [-0.39, 0.29) is 11.7 Å². The van der Waals surface area contributed by atoms with E-state index in [0.717, 1.165) is 71.9 Å². The standard InChI is InChI=1S/C26H32N2O3/c1-3-4-20-15-24-19(16-25(20)31-23-11-7-21(27)8-12-23)13-14-28(26(24)29)17-18-5-9-22(30-2)10-6-18/h5-6,9-10,13-16,21,23H,3-4,7-8,11-12,17,27H2,1-2H3. The Morgan fingerprint density at radius 2 is 1.81 bits per heavy atom. The van der Waals surface area contributed by atoms with Gasteiger partial charge in [0.15, 0.2) is 0 Å². The van der Waals surface area contributed by atoms with Gasteiger partial charge in [0, 0.05) is 17.6 Å². The van der Waals surface area contributed by atoms with Crippen molar-refractivity contribution in [1.29, 1.82) is 0 Å². The summed E-state index contributed by atoms with van der Waals surface area (Å²) in [6.45, 7) is 2.68. The zero-order valence-electron chi connectivity index (χ0n) is 18.5. The van der Waals surface area contributed by atoms with Crippen molar-refractivity contribution in [3.8, 4) is 11.5 Å². The quantitative estimate of drug-likeness (QED) is 0.604. The maximum absolute atomic E-state index is 13.2. The van der Waals surface area contributed by atoms with E-state index in [1.807, 2.05) is 48.7 Å². The smallest absolute Gasteiger partial charge is 0.258 e. The maximum atomic E-state index is 13.2. The van der Waals surface area contributed by atoms with E-state index < -0.39 is 0 Å². The molecule has 1 fully saturated rings. The van der Waals surface area contributed by atoms with Crippen molar-refractivity contribution in [3.05, 3.63) is 70.1 Å². The molecule has 1 aromatic heterocycles. The second-order valence-corrected chi connectivity index (χ2v) is 8.55. The Balaban J connectivity index is 1.63. The predicted molar refractivity (Wildman–Crippen MR) is 125 cm³/mol. The van der Waals surface area contributed by atoms with E-state index in [9.17, 15) is 4.79 Å². The monoisotopic (exact) mass is 420 g/mol. The van der Waals surface area contributed by atoms with Crippen molar-refractivity contribution in [2.75, 3.05) is 7.11 Å². The van der Waals surface area contributed by atoms with Gasteiger partial charge in [0.25, 0.3) is 5.56 Å². The first-order valence-corrected chi connectivity index (χ1v) is 11.3. The first-order chi connectivity index (χ1) is 15.1. The lowest BCUT2D eigenvalue weighted by Crippen LogP contribution is -2.31. The van der Waals surface area contributed by atoms with Crippen LogP contribution in [0.5, 0.6) is 11.5 Å². The van der Waals surface area contributed by atoms with E-state index in [1.54, 1.807) is 11.7 Å². The summed E-state index contributed by atoms with van der Waals surface area (Å²) in [7, 11) is 1.65. The van der Waals surface area contributed by atoms with Crippen molar-refractivity contribution in [3.63, 3.8) is 0 Å². The van der Waals surface area contributed by atoms with Crippen molar-refractivity contribution >= 4 is 10.8 Å². The molecule has 1 saturated carbocycles. The van der Waals surface area contributed by atoms with Gasteiger partial charge >= 0.3 is 0 Å². The van der Waals surface area contributed by atoms with Crippen LogP contribution in [0.4, 0.5) is 0 Å². The SMILES string of the molecule is CCCc1cc2c(=O)n(Cc3ccc(OC)cc3)ccc2cc1OC1CCC(N)CC1. The van der Waals surface area contributed by atoms with Gasteiger partial charge in [-0.25, -0.2) is 0 Å². The molecule has 1 aliphatic carbocycles. The highest BCUT2D eigenvalue weighted by Crippen LogP contribution is 2.30. The fourth-order valence-corrected chi connectivity index (χ4v) is 4.37. The second-order valence-electron chi connectivity index (χ2n) is 8.55. The largest absolute Gasteiger partial charge is 0.497 e. The molecule has 0 saturated heterocycles. The third-order valence-electron chi connectivity index (χ3n) is 6.20. The number of fused-ring (bicyclic) bond motifs is 1. The Kier molecular flexibility index (Phi) is 6.62. The van der Waals surface area contributed by atoms with Crippen molar-refractivity contribution < 1.29 is 9.47 Å². The first-order valence-electron chi connectivity index (χ1n) is 11.3. The summed E-state index contributed by atoms with van der Waals surface area (Å²) in [5.41, 5.74) is 8.25. The minimum atomic E-state index is 0.0286. The number of aromatic nitrogens is 1. The van der Waals surface area contributed by atoms with Crippen molar-refractivity contribution in [2.24, 2.45) is 5.73 Å². The maximum Gasteiger partial charge on any atom is 0.258 e. The lowest BCUT2D eigenvalue weighted by atomic mass is 9.93. The van der Waals surface area contributed by atoms with Gasteiger partial charge in [-0.15, -0.1) is 0 Å². The number of rotatable bonds is 7. The molecule has 0 atom stereocenters. The third kappa shape index (κ3) is 4.93. The summed E-state index contributed by atoms with van der Waals surface area (Å²) in [6.07, 6.45) is 7.99. The molecule has 2 aromatic carbocycles. The van der Waals surface area contributed by atoms with Crippen LogP contribution in [0, 0.1) is 0 Å². The third-order valence-corrected chi connectivity index (χ3v) is 6.20. The molecule has 164 valence electrons. The number of ether oxygens (including phenoxy) is 2. The summed E-state index contributed by atoms with van der Waals surface area (Å²) in [5, 5.41) is 1.68. The van der Waals surface area contributed by atoms with Crippen LogP contribution in [0.25, 0.3) is 10.8 Å². The topological polar surface area (TPSA) is 66.5 Å². The number of aryl methyl sites for hydroxylation is 1. The van der Waals surface area contributed by atoms with Gasteiger partial charge < -0.3 is 19.8 Å². The highest BCUT2D eigenvalue weighted by atomic mass is 16.5. The Labute approximate surface area is 183 Å². The van der Waals surface area contributed by atoms with Crippen molar-refractivity contribution in [1.82, 2.24) is 4.57 Å². The fraction of sp³-hybridized carbons (Fsp3) is 0.423. The average molecular weight is 421 g/mol. The molecule has 4 rings (SSSR count). The number of hydrogen-bond donors (Lipinski definition) is 1. The van der Waals surface area contributed by atoms with Crippen LogP contribution >= 0.6 is 0 Å². The van der Waals surface area contributed by atoms with Crippen LogP contribution < -0.4 is 20.8 Å². The highest BCUT2D eigenvalue weighted by Gasteiger charge is 2.21. The number of nitrogens with zero attached hydrogens (tertiary/aromatic N) is 1. The van der Waals surface area contributed by atoms with Crippen LogP contribution in [-0.4, -0.2) is 23.8 Å². The lowest BCUT2D eigenvalue weighted by Gasteiger charge is -2.28.